The molecule has 4 heterocycles. The Morgan fingerprint density at radius 3 is 1.98 bits per heavy atom. The molecule has 0 N–H and O–H groups in total. The van der Waals surface area contributed by atoms with Crippen LogP contribution in [0.15, 0.2) is 122 Å². The van der Waals surface area contributed by atoms with Crippen LogP contribution in [0.4, 0.5) is 0 Å². The van der Waals surface area contributed by atoms with Gasteiger partial charge in [-0.25, -0.2) is 9.55 Å². The minimum atomic E-state index is 0. The van der Waals surface area contributed by atoms with Crippen LogP contribution in [0.3, 0.4) is 0 Å². The molecule has 0 aliphatic carbocycles. The fourth-order valence-electron chi connectivity index (χ4n) is 5.83. The van der Waals surface area contributed by atoms with Crippen molar-refractivity contribution >= 4 is 43.6 Å². The second-order valence-electron chi connectivity index (χ2n) is 9.83. The van der Waals surface area contributed by atoms with Crippen LogP contribution in [0.2, 0.25) is 0 Å². The van der Waals surface area contributed by atoms with Gasteiger partial charge in [-0.3, -0.25) is 0 Å². The SMILES string of the molecule is C[n+]1ccccc1-c1[c-]c2c(cc1)c1ccccc1n2-c1[c-]c2c(cc1)c1ccccc1n2-c1ccccn1.[Pt+2]. The normalized spacial score (nSPS) is 11.4. The van der Waals surface area contributed by atoms with Crippen molar-refractivity contribution < 1.29 is 25.6 Å². The van der Waals surface area contributed by atoms with Gasteiger partial charge in [-0.15, -0.1) is 35.7 Å². The van der Waals surface area contributed by atoms with E-state index in [0.717, 1.165) is 50.2 Å². The van der Waals surface area contributed by atoms with Crippen molar-refractivity contribution in [2.75, 3.05) is 0 Å². The van der Waals surface area contributed by atoms with Gasteiger partial charge in [0.15, 0.2) is 6.20 Å². The molecule has 0 spiro atoms. The van der Waals surface area contributed by atoms with E-state index in [0.29, 0.717) is 0 Å². The molecule has 0 atom stereocenters. The molecule has 192 valence electrons. The molecular formula is C35H23N4Pt+. The van der Waals surface area contributed by atoms with Crippen LogP contribution in [0.1, 0.15) is 0 Å². The van der Waals surface area contributed by atoms with E-state index in [1.807, 2.05) is 30.5 Å². The number of aromatic nitrogens is 4. The van der Waals surface area contributed by atoms with Crippen LogP contribution in [0.25, 0.3) is 66.4 Å². The molecule has 5 heteroatoms. The van der Waals surface area contributed by atoms with Crippen molar-refractivity contribution in [2.24, 2.45) is 7.05 Å². The Kier molecular flexibility index (Phi) is 5.87. The molecule has 0 amide bonds. The smallest absolute Gasteiger partial charge is 0.352 e. The molecule has 0 aliphatic heterocycles. The van der Waals surface area contributed by atoms with Crippen LogP contribution < -0.4 is 4.57 Å². The van der Waals surface area contributed by atoms with Crippen LogP contribution in [-0.2, 0) is 28.1 Å². The van der Waals surface area contributed by atoms with E-state index < -0.39 is 0 Å². The monoisotopic (exact) mass is 694 g/mol. The Morgan fingerprint density at radius 2 is 1.25 bits per heavy atom. The average molecular weight is 695 g/mol. The standard InChI is InChI=1S/C35H23N4.Pt/c1-37-21-9-7-12-30(37)24-16-18-28-26-10-2-4-13-31(26)38(33(28)22-24)25-17-19-29-27-11-3-5-14-32(27)39(34(29)23-25)35-15-6-8-20-36-35;/h2-21H,1H3;/q-1;+2. The third kappa shape index (κ3) is 3.64. The zero-order valence-electron chi connectivity index (χ0n) is 21.7. The first kappa shape index (κ1) is 24.5. The maximum atomic E-state index is 4.69. The summed E-state index contributed by atoms with van der Waals surface area (Å²) >= 11 is 0. The van der Waals surface area contributed by atoms with E-state index in [1.54, 1.807) is 0 Å². The zero-order valence-corrected chi connectivity index (χ0v) is 23.9. The third-order valence-electron chi connectivity index (χ3n) is 7.60. The first-order valence-electron chi connectivity index (χ1n) is 13.1. The molecule has 4 aromatic carbocycles. The topological polar surface area (TPSA) is 26.6 Å². The van der Waals surface area contributed by atoms with Crippen LogP contribution >= 0.6 is 0 Å². The first-order chi connectivity index (χ1) is 19.3. The van der Waals surface area contributed by atoms with Gasteiger partial charge in [0.1, 0.15) is 18.6 Å². The Hall–Kier alpha value is -4.53. The van der Waals surface area contributed by atoms with Crippen molar-refractivity contribution in [3.63, 3.8) is 0 Å². The van der Waals surface area contributed by atoms with Gasteiger partial charge in [-0.1, -0.05) is 70.7 Å². The molecule has 0 unspecified atom stereocenters. The van der Waals surface area contributed by atoms with Gasteiger partial charge in [0.25, 0.3) is 0 Å². The Balaban J connectivity index is 0.00000264. The predicted molar refractivity (Wildman–Crippen MR) is 157 cm³/mol. The minimum Gasteiger partial charge on any atom is -0.352 e. The Labute approximate surface area is 246 Å². The van der Waals surface area contributed by atoms with E-state index in [1.165, 1.54) is 16.2 Å². The quantitative estimate of drug-likeness (QED) is 0.140. The molecule has 0 aliphatic rings. The molecule has 0 bridgehead atoms. The number of fused-ring (bicyclic) bond motifs is 6. The number of hydrogen-bond acceptors (Lipinski definition) is 1. The summed E-state index contributed by atoms with van der Waals surface area (Å²) in [7, 11) is 2.07. The number of hydrogen-bond donors (Lipinski definition) is 0. The molecule has 0 fully saturated rings. The van der Waals surface area contributed by atoms with Crippen molar-refractivity contribution in [3.05, 3.63) is 134 Å². The number of aryl methyl sites for hydroxylation is 1. The third-order valence-corrected chi connectivity index (χ3v) is 7.60. The minimum absolute atomic E-state index is 0. The van der Waals surface area contributed by atoms with Gasteiger partial charge in [0.2, 0.25) is 0 Å². The number of nitrogens with zero attached hydrogens (tertiary/aromatic N) is 4. The molecule has 4 aromatic heterocycles. The summed E-state index contributed by atoms with van der Waals surface area (Å²) in [6.07, 6.45) is 3.91. The second kappa shape index (κ2) is 9.58. The van der Waals surface area contributed by atoms with Gasteiger partial charge >= 0.3 is 21.1 Å². The van der Waals surface area contributed by atoms with Crippen molar-refractivity contribution in [3.8, 4) is 22.8 Å². The van der Waals surface area contributed by atoms with E-state index in [-0.39, 0.29) is 21.1 Å². The number of benzene rings is 4. The summed E-state index contributed by atoms with van der Waals surface area (Å²) in [4.78, 5) is 4.69. The largest absolute Gasteiger partial charge is 2.00 e. The summed E-state index contributed by atoms with van der Waals surface area (Å²) in [6, 6.07) is 45.7. The second-order valence-corrected chi connectivity index (χ2v) is 9.83. The van der Waals surface area contributed by atoms with Gasteiger partial charge in [0, 0.05) is 23.3 Å². The van der Waals surface area contributed by atoms with Crippen LogP contribution in [0, 0.1) is 12.1 Å². The summed E-state index contributed by atoms with van der Waals surface area (Å²) in [5, 5.41) is 4.72. The molecule has 4 nitrogen and oxygen atoms in total. The summed E-state index contributed by atoms with van der Waals surface area (Å²) < 4.78 is 6.63. The molecule has 0 saturated carbocycles. The average Bonchev–Trinajstić information content (AvgIpc) is 3.50. The first-order valence-corrected chi connectivity index (χ1v) is 13.1. The number of rotatable bonds is 3. The van der Waals surface area contributed by atoms with Crippen molar-refractivity contribution in [2.45, 2.75) is 0 Å². The van der Waals surface area contributed by atoms with E-state index in [2.05, 4.69) is 124 Å². The summed E-state index contributed by atoms with van der Waals surface area (Å²) in [5.74, 6) is 0.879. The molecule has 8 aromatic rings. The van der Waals surface area contributed by atoms with Gasteiger partial charge in [0.05, 0.1) is 0 Å². The summed E-state index contributed by atoms with van der Waals surface area (Å²) in [5.41, 5.74) is 7.43. The van der Waals surface area contributed by atoms with Gasteiger partial charge < -0.3 is 9.13 Å². The van der Waals surface area contributed by atoms with Crippen LogP contribution in [-0.4, -0.2) is 14.1 Å². The fourth-order valence-corrected chi connectivity index (χ4v) is 5.83. The maximum absolute atomic E-state index is 4.69. The molecule has 0 radical (unpaired) electrons. The van der Waals surface area contributed by atoms with E-state index in [4.69, 9.17) is 4.98 Å². The predicted octanol–water partition coefficient (Wildman–Crippen LogP) is 7.37. The Bertz CT molecular complexity index is 2190. The van der Waals surface area contributed by atoms with Gasteiger partial charge in [-0.2, -0.15) is 6.07 Å². The summed E-state index contributed by atoms with van der Waals surface area (Å²) in [6.45, 7) is 0. The van der Waals surface area contributed by atoms with Crippen molar-refractivity contribution in [1.29, 1.82) is 0 Å². The molecule has 40 heavy (non-hydrogen) atoms. The van der Waals surface area contributed by atoms with E-state index in [9.17, 15) is 0 Å². The Morgan fingerprint density at radius 1 is 0.600 bits per heavy atom. The molecule has 0 saturated heterocycles. The number of para-hydroxylation sites is 2. The molecular weight excluding hydrogens is 671 g/mol. The zero-order chi connectivity index (χ0) is 25.9. The maximum Gasteiger partial charge on any atom is 2.00 e. The number of pyridine rings is 2. The van der Waals surface area contributed by atoms with Crippen LogP contribution in [0.5, 0.6) is 0 Å². The molecule has 8 rings (SSSR count). The van der Waals surface area contributed by atoms with E-state index >= 15 is 0 Å². The van der Waals surface area contributed by atoms with Crippen molar-refractivity contribution in [1.82, 2.24) is 14.1 Å². The fraction of sp³-hybridized carbons (Fsp3) is 0.0286. The van der Waals surface area contributed by atoms with Gasteiger partial charge in [-0.05, 0) is 46.6 Å².